The molecule has 1 aromatic carbocycles. The summed E-state index contributed by atoms with van der Waals surface area (Å²) in [4.78, 5) is 2.30. The second-order valence-corrected chi connectivity index (χ2v) is 3.72. The average Bonchev–Trinajstić information content (AvgIpc) is 2.17. The van der Waals surface area contributed by atoms with Gasteiger partial charge in [0.15, 0.2) is 0 Å². The van der Waals surface area contributed by atoms with Crippen LogP contribution in [0.4, 0.5) is 11.4 Å². The molecule has 1 aliphatic rings. The van der Waals surface area contributed by atoms with Crippen LogP contribution in [0.25, 0.3) is 0 Å². The van der Waals surface area contributed by atoms with Crippen LogP contribution in [0.5, 0.6) is 5.75 Å². The van der Waals surface area contributed by atoms with Gasteiger partial charge in [-0.1, -0.05) is 0 Å². The summed E-state index contributed by atoms with van der Waals surface area (Å²) in [6, 6.07) is 5.95. The minimum Gasteiger partial charge on any atom is -0.508 e. The first-order valence-corrected chi connectivity index (χ1v) is 5.06. The molecule has 14 heavy (non-hydrogen) atoms. The van der Waals surface area contributed by atoms with Crippen molar-refractivity contribution in [3.8, 4) is 5.75 Å². The smallest absolute Gasteiger partial charge is 0.117 e. The van der Waals surface area contributed by atoms with Gasteiger partial charge in [-0.25, -0.2) is 0 Å². The zero-order valence-electron chi connectivity index (χ0n) is 8.62. The third-order valence-electron chi connectivity index (χ3n) is 2.75. The van der Waals surface area contributed by atoms with Gasteiger partial charge in [0.1, 0.15) is 5.75 Å². The normalized spacial score (nSPS) is 20.1. The maximum absolute atomic E-state index is 9.43. The summed E-state index contributed by atoms with van der Waals surface area (Å²) in [5, 5.41) is 12.8. The first-order chi connectivity index (χ1) is 6.72. The van der Waals surface area contributed by atoms with Crippen LogP contribution in [0, 0.1) is 0 Å². The summed E-state index contributed by atoms with van der Waals surface area (Å²) in [5.41, 5.74) is 2.22. The lowest BCUT2D eigenvalue weighted by Crippen LogP contribution is -2.41. The van der Waals surface area contributed by atoms with Crippen molar-refractivity contribution in [3.05, 3.63) is 18.2 Å². The predicted molar refractivity (Wildman–Crippen MR) is 59.1 cm³/mol. The number of likely N-dealkylation sites (N-methyl/N-ethyl adjacent to an activating group) is 1. The lowest BCUT2D eigenvalue weighted by atomic mass is 10.1. The van der Waals surface area contributed by atoms with Crippen LogP contribution in [0.3, 0.4) is 0 Å². The molecule has 0 bridgehead atoms. The minimum absolute atomic E-state index is 0.332. The Hall–Kier alpha value is -1.38. The molecule has 0 aromatic heterocycles. The summed E-state index contributed by atoms with van der Waals surface area (Å²) in [5.74, 6) is 0.332. The monoisotopic (exact) mass is 192 g/mol. The number of fused-ring (bicyclic) bond motifs is 1. The number of aromatic hydroxyl groups is 1. The zero-order chi connectivity index (χ0) is 10.1. The van der Waals surface area contributed by atoms with Crippen molar-refractivity contribution in [2.75, 3.05) is 23.3 Å². The predicted octanol–water partition coefficient (Wildman–Crippen LogP) is 2.03. The van der Waals surface area contributed by atoms with Gasteiger partial charge in [0.25, 0.3) is 0 Å². The van der Waals surface area contributed by atoms with Crippen molar-refractivity contribution >= 4 is 11.4 Å². The lowest BCUT2D eigenvalue weighted by Gasteiger charge is -2.36. The molecule has 0 saturated heterocycles. The van der Waals surface area contributed by atoms with Gasteiger partial charge in [0.2, 0.25) is 0 Å². The quantitative estimate of drug-likeness (QED) is 0.668. The van der Waals surface area contributed by atoms with E-state index in [4.69, 9.17) is 0 Å². The largest absolute Gasteiger partial charge is 0.508 e. The van der Waals surface area contributed by atoms with Gasteiger partial charge in [-0.2, -0.15) is 0 Å². The molecular formula is C11H16N2O. The Bertz CT molecular complexity index is 338. The van der Waals surface area contributed by atoms with Gasteiger partial charge >= 0.3 is 0 Å². The van der Waals surface area contributed by atoms with Crippen molar-refractivity contribution in [2.45, 2.75) is 19.9 Å². The molecule has 2 N–H and O–H groups in total. The van der Waals surface area contributed by atoms with E-state index in [1.54, 1.807) is 6.07 Å². The van der Waals surface area contributed by atoms with E-state index in [0.29, 0.717) is 11.8 Å². The highest BCUT2D eigenvalue weighted by Gasteiger charge is 2.21. The third kappa shape index (κ3) is 1.39. The molecule has 0 amide bonds. The van der Waals surface area contributed by atoms with E-state index in [1.807, 2.05) is 12.1 Å². The molecule has 3 nitrogen and oxygen atoms in total. The highest BCUT2D eigenvalue weighted by molar-refractivity contribution is 5.74. The Morgan fingerprint density at radius 3 is 3.07 bits per heavy atom. The topological polar surface area (TPSA) is 35.5 Å². The lowest BCUT2D eigenvalue weighted by molar-refractivity contribution is 0.474. The molecule has 1 aliphatic heterocycles. The average molecular weight is 192 g/mol. The van der Waals surface area contributed by atoms with Crippen LogP contribution in [0.2, 0.25) is 0 Å². The van der Waals surface area contributed by atoms with Crippen molar-refractivity contribution in [1.82, 2.24) is 0 Å². The van der Waals surface area contributed by atoms with E-state index < -0.39 is 0 Å². The van der Waals surface area contributed by atoms with E-state index in [0.717, 1.165) is 24.5 Å². The number of hydrogen-bond donors (Lipinski definition) is 2. The molecule has 2 rings (SSSR count). The Morgan fingerprint density at radius 1 is 1.57 bits per heavy atom. The van der Waals surface area contributed by atoms with Crippen molar-refractivity contribution in [1.29, 1.82) is 0 Å². The number of phenolic OH excluding ortho intramolecular Hbond substituents is 1. The molecule has 0 fully saturated rings. The van der Waals surface area contributed by atoms with Crippen LogP contribution >= 0.6 is 0 Å². The summed E-state index contributed by atoms with van der Waals surface area (Å²) >= 11 is 0. The summed E-state index contributed by atoms with van der Waals surface area (Å²) in [7, 11) is 0. The fourth-order valence-electron chi connectivity index (χ4n) is 1.99. The second-order valence-electron chi connectivity index (χ2n) is 3.72. The zero-order valence-corrected chi connectivity index (χ0v) is 8.62. The Kier molecular flexibility index (Phi) is 2.23. The summed E-state index contributed by atoms with van der Waals surface area (Å²) in [6.07, 6.45) is 0. The van der Waals surface area contributed by atoms with Gasteiger partial charge in [-0.05, 0) is 26.0 Å². The number of rotatable bonds is 1. The van der Waals surface area contributed by atoms with Crippen LogP contribution < -0.4 is 10.2 Å². The molecule has 1 aromatic rings. The number of phenols is 1. The molecule has 1 heterocycles. The fourth-order valence-corrected chi connectivity index (χ4v) is 1.99. The first kappa shape index (κ1) is 9.19. The highest BCUT2D eigenvalue weighted by atomic mass is 16.3. The van der Waals surface area contributed by atoms with Crippen LogP contribution in [0.1, 0.15) is 13.8 Å². The first-order valence-electron chi connectivity index (χ1n) is 5.06. The molecule has 0 aliphatic carbocycles. The number of nitrogens with zero attached hydrogens (tertiary/aromatic N) is 1. The van der Waals surface area contributed by atoms with Crippen LogP contribution in [-0.2, 0) is 0 Å². The minimum atomic E-state index is 0.332. The Balaban J connectivity index is 2.43. The van der Waals surface area contributed by atoms with Crippen LogP contribution in [0.15, 0.2) is 18.2 Å². The van der Waals surface area contributed by atoms with Crippen molar-refractivity contribution in [2.24, 2.45) is 0 Å². The third-order valence-corrected chi connectivity index (χ3v) is 2.75. The molecule has 76 valence electrons. The van der Waals surface area contributed by atoms with Crippen molar-refractivity contribution < 1.29 is 5.11 Å². The van der Waals surface area contributed by atoms with Gasteiger partial charge in [-0.15, -0.1) is 0 Å². The van der Waals surface area contributed by atoms with Crippen LogP contribution in [-0.4, -0.2) is 24.2 Å². The molecule has 0 spiro atoms. The molecule has 3 heteroatoms. The number of nitrogens with one attached hydrogen (secondary N) is 1. The van der Waals surface area contributed by atoms with E-state index in [2.05, 4.69) is 24.1 Å². The SMILES string of the molecule is CCN1c2cc(O)ccc2NCC1C. The summed E-state index contributed by atoms with van der Waals surface area (Å²) in [6.45, 7) is 6.25. The number of hydrogen-bond acceptors (Lipinski definition) is 3. The van der Waals surface area contributed by atoms with Gasteiger partial charge in [0, 0.05) is 25.2 Å². The molecule has 0 saturated carbocycles. The standard InChI is InChI=1S/C11H16N2O/c1-3-13-8(2)7-12-10-5-4-9(14)6-11(10)13/h4-6,8,12,14H,3,7H2,1-2H3. The van der Waals surface area contributed by atoms with Gasteiger partial charge in [-0.3, -0.25) is 0 Å². The van der Waals surface area contributed by atoms with E-state index >= 15 is 0 Å². The van der Waals surface area contributed by atoms with Gasteiger partial charge in [0.05, 0.1) is 11.4 Å². The molecular weight excluding hydrogens is 176 g/mol. The van der Waals surface area contributed by atoms with E-state index in [1.165, 1.54) is 0 Å². The Labute approximate surface area is 84.4 Å². The molecule has 0 radical (unpaired) electrons. The maximum Gasteiger partial charge on any atom is 0.117 e. The second kappa shape index (κ2) is 3.40. The van der Waals surface area contributed by atoms with E-state index in [-0.39, 0.29) is 0 Å². The van der Waals surface area contributed by atoms with E-state index in [9.17, 15) is 5.11 Å². The molecule has 1 unspecified atom stereocenters. The summed E-state index contributed by atoms with van der Waals surface area (Å²) < 4.78 is 0. The Morgan fingerprint density at radius 2 is 2.36 bits per heavy atom. The molecule has 1 atom stereocenters. The van der Waals surface area contributed by atoms with Crippen molar-refractivity contribution in [3.63, 3.8) is 0 Å². The number of benzene rings is 1. The number of anilines is 2. The van der Waals surface area contributed by atoms with Gasteiger partial charge < -0.3 is 15.3 Å². The maximum atomic E-state index is 9.43. The highest BCUT2D eigenvalue weighted by Crippen LogP contribution is 2.33. The fraction of sp³-hybridized carbons (Fsp3) is 0.455.